The van der Waals surface area contributed by atoms with Gasteiger partial charge in [-0.3, -0.25) is 20.0 Å². The highest BCUT2D eigenvalue weighted by Gasteiger charge is 2.22. The predicted octanol–water partition coefficient (Wildman–Crippen LogP) is 0.974. The van der Waals surface area contributed by atoms with E-state index in [4.69, 9.17) is 5.41 Å². The molecule has 138 valence electrons. The summed E-state index contributed by atoms with van der Waals surface area (Å²) >= 11 is 2.26. The molecule has 0 unspecified atom stereocenters. The number of hydrogen-bond acceptors (Lipinski definition) is 8. The van der Waals surface area contributed by atoms with Crippen molar-refractivity contribution in [2.24, 2.45) is 4.99 Å². The molecule has 0 fully saturated rings. The van der Waals surface area contributed by atoms with Crippen molar-refractivity contribution in [1.29, 1.82) is 5.41 Å². The Bertz CT molecular complexity index is 1580. The minimum Gasteiger partial charge on any atom is -0.506 e. The van der Waals surface area contributed by atoms with Crippen LogP contribution in [0, 0.1) is 14.5 Å². The molecular formula is C18H10N4O4S2. The first-order chi connectivity index (χ1) is 13.5. The molecule has 0 bridgehead atoms. The SMILES string of the molecule is N=c1c2c3n(sc=2s/c1=C(/O)c1ccc(O)c2ncccc12)C(=O)CC(=O)N=3. The highest BCUT2D eigenvalue weighted by atomic mass is 32.2. The van der Waals surface area contributed by atoms with Gasteiger partial charge in [-0.05, 0) is 29.7 Å². The van der Waals surface area contributed by atoms with Gasteiger partial charge in [0.05, 0.1) is 15.1 Å². The Hall–Kier alpha value is -3.37. The van der Waals surface area contributed by atoms with E-state index in [0.717, 1.165) is 22.9 Å². The van der Waals surface area contributed by atoms with Gasteiger partial charge in [-0.2, -0.15) is 4.99 Å². The van der Waals surface area contributed by atoms with Gasteiger partial charge in [0.2, 0.25) is 0 Å². The summed E-state index contributed by atoms with van der Waals surface area (Å²) in [5.74, 6) is -1.05. The Morgan fingerprint density at radius 1 is 1.25 bits per heavy atom. The van der Waals surface area contributed by atoms with Crippen LogP contribution in [-0.4, -0.2) is 31.0 Å². The van der Waals surface area contributed by atoms with E-state index >= 15 is 0 Å². The molecule has 0 saturated heterocycles. The van der Waals surface area contributed by atoms with Crippen LogP contribution >= 0.6 is 22.9 Å². The predicted molar refractivity (Wildman–Crippen MR) is 101 cm³/mol. The highest BCUT2D eigenvalue weighted by Crippen LogP contribution is 2.28. The van der Waals surface area contributed by atoms with Crippen LogP contribution in [0.4, 0.5) is 0 Å². The summed E-state index contributed by atoms with van der Waals surface area (Å²) in [5, 5.41) is 30.4. The molecule has 0 spiro atoms. The number of benzene rings is 1. The zero-order valence-corrected chi connectivity index (χ0v) is 15.6. The van der Waals surface area contributed by atoms with Crippen molar-refractivity contribution in [3.05, 3.63) is 60.5 Å². The number of pyridine rings is 1. The van der Waals surface area contributed by atoms with Crippen molar-refractivity contribution < 1.29 is 19.8 Å². The number of carbonyl (C=O) groups excluding carboxylic acids is 2. The average Bonchev–Trinajstić information content (AvgIpc) is 3.19. The van der Waals surface area contributed by atoms with Crippen LogP contribution in [0.2, 0.25) is 0 Å². The molecule has 0 radical (unpaired) electrons. The molecule has 8 nitrogen and oxygen atoms in total. The number of fused-ring (bicyclic) bond motifs is 3. The minimum atomic E-state index is -0.541. The van der Waals surface area contributed by atoms with Gasteiger partial charge in [0.15, 0.2) is 5.49 Å². The van der Waals surface area contributed by atoms with Crippen LogP contribution in [0.1, 0.15) is 16.8 Å². The van der Waals surface area contributed by atoms with Crippen LogP contribution in [0.15, 0.2) is 35.5 Å². The zero-order valence-electron chi connectivity index (χ0n) is 14.0. The second kappa shape index (κ2) is 5.81. The molecular weight excluding hydrogens is 400 g/mol. The summed E-state index contributed by atoms with van der Waals surface area (Å²) in [6, 6.07) is 6.41. The Morgan fingerprint density at radius 3 is 2.89 bits per heavy atom. The third kappa shape index (κ3) is 2.25. The first-order valence-corrected chi connectivity index (χ1v) is 9.69. The fourth-order valence-corrected chi connectivity index (χ4v) is 5.54. The smallest absolute Gasteiger partial charge is 0.257 e. The molecule has 5 rings (SSSR count). The number of phenolic OH excluding ortho intramolecular Hbond substituents is 1. The highest BCUT2D eigenvalue weighted by molar-refractivity contribution is 7.22. The quantitative estimate of drug-likeness (QED) is 0.403. The van der Waals surface area contributed by atoms with Crippen molar-refractivity contribution in [2.75, 3.05) is 0 Å². The van der Waals surface area contributed by atoms with E-state index in [1.807, 2.05) is 0 Å². The fourth-order valence-electron chi connectivity index (χ4n) is 3.19. The summed E-state index contributed by atoms with van der Waals surface area (Å²) in [6.07, 6.45) is 1.26. The van der Waals surface area contributed by atoms with Crippen LogP contribution in [-0.2, 0) is 4.79 Å². The zero-order chi connectivity index (χ0) is 19.6. The van der Waals surface area contributed by atoms with Crippen LogP contribution in [0.5, 0.6) is 5.75 Å². The molecule has 28 heavy (non-hydrogen) atoms. The van der Waals surface area contributed by atoms with E-state index < -0.39 is 5.91 Å². The maximum Gasteiger partial charge on any atom is 0.257 e. The molecule has 0 aliphatic carbocycles. The lowest BCUT2D eigenvalue weighted by Crippen LogP contribution is -2.35. The number of aliphatic hydroxyl groups excluding tert-OH is 1. The number of aromatic hydroxyl groups is 1. The van der Waals surface area contributed by atoms with E-state index in [9.17, 15) is 19.8 Å². The molecule has 3 aliphatic heterocycles. The Balaban J connectivity index is 1.88. The number of carbonyl (C=O) groups is 2. The number of hydrogen-bond donors (Lipinski definition) is 3. The lowest BCUT2D eigenvalue weighted by molar-refractivity contribution is -0.117. The Kier molecular flexibility index (Phi) is 3.48. The van der Waals surface area contributed by atoms with Crippen LogP contribution in [0.3, 0.4) is 0 Å². The Labute approximate surface area is 163 Å². The summed E-state index contributed by atoms with van der Waals surface area (Å²) in [4.78, 5) is 31.8. The lowest BCUT2D eigenvalue weighted by atomic mass is 10.1. The molecule has 1 aromatic carbocycles. The van der Waals surface area contributed by atoms with Crippen molar-refractivity contribution in [1.82, 2.24) is 8.94 Å². The van der Waals surface area contributed by atoms with Gasteiger partial charge in [0.25, 0.3) is 11.8 Å². The van der Waals surface area contributed by atoms with Gasteiger partial charge in [-0.25, -0.2) is 3.96 Å². The molecule has 10 heteroatoms. The van der Waals surface area contributed by atoms with Crippen LogP contribution < -0.4 is 15.4 Å². The average molecular weight is 410 g/mol. The monoisotopic (exact) mass is 410 g/mol. The van der Waals surface area contributed by atoms with Crippen LogP contribution in [0.25, 0.3) is 16.7 Å². The number of amides is 1. The van der Waals surface area contributed by atoms with Gasteiger partial charge in [0, 0.05) is 17.1 Å². The fraction of sp³-hybridized carbons (Fsp3) is 0.0556. The molecule has 0 saturated carbocycles. The first-order valence-electron chi connectivity index (χ1n) is 8.10. The van der Waals surface area contributed by atoms with Gasteiger partial charge < -0.3 is 10.2 Å². The second-order valence-corrected chi connectivity index (χ2v) is 8.37. The molecule has 0 atom stereocenters. The molecule has 3 aliphatic rings. The summed E-state index contributed by atoms with van der Waals surface area (Å²) in [7, 11) is 0. The molecule has 2 aromatic rings. The summed E-state index contributed by atoms with van der Waals surface area (Å²) in [6.45, 7) is 0. The van der Waals surface area contributed by atoms with Crippen molar-refractivity contribution in [2.45, 2.75) is 6.42 Å². The molecule has 1 amide bonds. The maximum absolute atomic E-state index is 12.0. The van der Waals surface area contributed by atoms with E-state index in [1.165, 1.54) is 10.0 Å². The van der Waals surface area contributed by atoms with E-state index in [0.29, 0.717) is 30.1 Å². The molecule has 1 aromatic heterocycles. The van der Waals surface area contributed by atoms with Crippen molar-refractivity contribution >= 4 is 51.3 Å². The normalized spacial score (nSPS) is 15.0. The Morgan fingerprint density at radius 2 is 2.07 bits per heavy atom. The summed E-state index contributed by atoms with van der Waals surface area (Å²) < 4.78 is 2.23. The number of aliphatic hydroxyl groups is 1. The third-order valence-corrected chi connectivity index (χ3v) is 6.84. The van der Waals surface area contributed by atoms with E-state index in [-0.39, 0.29) is 34.7 Å². The molecule has 3 N–H and O–H groups in total. The largest absolute Gasteiger partial charge is 0.506 e. The van der Waals surface area contributed by atoms with Gasteiger partial charge >= 0.3 is 0 Å². The maximum atomic E-state index is 12.0. The number of phenols is 1. The number of rotatable bonds is 1. The minimum absolute atomic E-state index is 0.00105. The van der Waals surface area contributed by atoms with Crippen molar-refractivity contribution in [3.8, 4) is 5.75 Å². The van der Waals surface area contributed by atoms with Gasteiger partial charge in [-0.1, -0.05) is 6.07 Å². The number of nitrogens with zero attached hydrogens (tertiary/aromatic N) is 3. The first kappa shape index (κ1) is 16.8. The van der Waals surface area contributed by atoms with Gasteiger partial charge in [0.1, 0.15) is 27.3 Å². The topological polar surface area (TPSA) is 129 Å². The third-order valence-electron chi connectivity index (χ3n) is 4.44. The summed E-state index contributed by atoms with van der Waals surface area (Å²) in [5.41, 5.74) is 0.920. The van der Waals surface area contributed by atoms with Gasteiger partial charge in [-0.15, -0.1) is 11.3 Å². The van der Waals surface area contributed by atoms with Crippen molar-refractivity contribution in [3.63, 3.8) is 0 Å². The lowest BCUT2D eigenvalue weighted by Gasteiger charge is -2.06. The van der Waals surface area contributed by atoms with E-state index in [2.05, 4.69) is 9.98 Å². The number of aromatic nitrogens is 2. The molecule has 4 heterocycles. The standard InChI is InChI=1S/C18H10N4O4S2/c19-13-12-17-21-10(24)6-11(25)22(17)28-18(12)27-16(13)15(26)8-3-4-9(23)14-7(8)2-1-5-20-14/h1-5,19,23,26H,6H2/b16-15+,19-13?. The number of nitrogens with one attached hydrogen (secondary N) is 1. The van der Waals surface area contributed by atoms with E-state index in [1.54, 1.807) is 24.4 Å². The second-order valence-electron chi connectivity index (χ2n) is 6.13.